The van der Waals surface area contributed by atoms with Crippen molar-refractivity contribution >= 4 is 29.9 Å². The zero-order valence-electron chi connectivity index (χ0n) is 18.2. The number of aliphatic imine (C=N–C) groups is 1. The molecule has 1 aliphatic rings. The molecule has 0 radical (unpaired) electrons. The normalized spacial score (nSPS) is 17.8. The number of aryl methyl sites for hydroxylation is 2. The van der Waals surface area contributed by atoms with Gasteiger partial charge in [0.1, 0.15) is 6.10 Å². The Kier molecular flexibility index (Phi) is 8.04. The molecule has 0 saturated carbocycles. The van der Waals surface area contributed by atoms with Crippen LogP contribution in [0.2, 0.25) is 0 Å². The molecule has 0 spiro atoms. The third-order valence-corrected chi connectivity index (χ3v) is 4.86. The van der Waals surface area contributed by atoms with Gasteiger partial charge >= 0.3 is 0 Å². The van der Waals surface area contributed by atoms with Gasteiger partial charge in [0.15, 0.2) is 11.8 Å². The maximum atomic E-state index is 6.05. The van der Waals surface area contributed by atoms with Gasteiger partial charge in [0.25, 0.3) is 0 Å². The van der Waals surface area contributed by atoms with E-state index in [0.29, 0.717) is 24.9 Å². The Morgan fingerprint density at radius 3 is 2.69 bits per heavy atom. The lowest BCUT2D eigenvalue weighted by molar-refractivity contribution is -0.00835. The van der Waals surface area contributed by atoms with Gasteiger partial charge in [-0.05, 0) is 25.0 Å². The fourth-order valence-corrected chi connectivity index (χ4v) is 3.34. The van der Waals surface area contributed by atoms with E-state index in [1.165, 1.54) is 16.7 Å². The molecule has 2 aromatic rings. The highest BCUT2D eigenvalue weighted by atomic mass is 127. The highest BCUT2D eigenvalue weighted by Crippen LogP contribution is 2.26. The molecule has 2 heterocycles. The second-order valence-electron chi connectivity index (χ2n) is 8.33. The van der Waals surface area contributed by atoms with Crippen LogP contribution in [0.5, 0.6) is 0 Å². The number of aromatic nitrogens is 2. The number of benzene rings is 1. The predicted octanol–water partition coefficient (Wildman–Crippen LogP) is 3.75. The molecule has 1 unspecified atom stereocenters. The zero-order valence-corrected chi connectivity index (χ0v) is 20.5. The Balaban J connectivity index is 0.00000300. The maximum absolute atomic E-state index is 6.05. The highest BCUT2D eigenvalue weighted by Gasteiger charge is 2.26. The van der Waals surface area contributed by atoms with Crippen molar-refractivity contribution in [2.24, 2.45) is 4.99 Å². The van der Waals surface area contributed by atoms with Gasteiger partial charge in [0.2, 0.25) is 5.89 Å². The number of halogens is 1. The van der Waals surface area contributed by atoms with Crippen molar-refractivity contribution in [3.05, 3.63) is 46.6 Å². The van der Waals surface area contributed by atoms with E-state index in [1.807, 2.05) is 0 Å². The molecule has 1 saturated heterocycles. The molecular formula is C21H32IN5O2. The van der Waals surface area contributed by atoms with E-state index in [9.17, 15) is 0 Å². The zero-order chi connectivity index (χ0) is 20.3. The van der Waals surface area contributed by atoms with Gasteiger partial charge in [0, 0.05) is 19.0 Å². The average molecular weight is 513 g/mol. The summed E-state index contributed by atoms with van der Waals surface area (Å²) in [6, 6.07) is 6.51. The Labute approximate surface area is 190 Å². The van der Waals surface area contributed by atoms with E-state index in [-0.39, 0.29) is 35.5 Å². The summed E-state index contributed by atoms with van der Waals surface area (Å²) in [6.45, 7) is 13.1. The molecule has 1 aliphatic heterocycles. The molecule has 1 atom stereocenters. The molecule has 7 nitrogen and oxygen atoms in total. The molecule has 1 aromatic carbocycles. The van der Waals surface area contributed by atoms with E-state index in [2.05, 4.69) is 78.2 Å². The second-order valence-corrected chi connectivity index (χ2v) is 8.33. The molecular weight excluding hydrogens is 481 g/mol. The third-order valence-electron chi connectivity index (χ3n) is 4.86. The van der Waals surface area contributed by atoms with Crippen molar-refractivity contribution in [3.63, 3.8) is 0 Å². The first-order chi connectivity index (χ1) is 13.3. The van der Waals surface area contributed by atoms with Crippen LogP contribution < -0.4 is 5.32 Å². The van der Waals surface area contributed by atoms with Crippen molar-refractivity contribution in [3.8, 4) is 0 Å². The summed E-state index contributed by atoms with van der Waals surface area (Å²) < 4.78 is 11.4. The quantitative estimate of drug-likeness (QED) is 0.383. The van der Waals surface area contributed by atoms with Gasteiger partial charge in [-0.15, -0.1) is 24.0 Å². The van der Waals surface area contributed by atoms with Crippen LogP contribution in [0.4, 0.5) is 0 Å². The minimum atomic E-state index is -0.156. The van der Waals surface area contributed by atoms with Gasteiger partial charge in [-0.1, -0.05) is 49.7 Å². The van der Waals surface area contributed by atoms with Gasteiger partial charge in [-0.25, -0.2) is 0 Å². The van der Waals surface area contributed by atoms with Crippen molar-refractivity contribution in [1.82, 2.24) is 20.4 Å². The monoisotopic (exact) mass is 513 g/mol. The molecule has 0 bridgehead atoms. The number of hydrogen-bond acceptors (Lipinski definition) is 5. The van der Waals surface area contributed by atoms with E-state index in [0.717, 1.165) is 19.0 Å². The summed E-state index contributed by atoms with van der Waals surface area (Å²) in [7, 11) is 1.79. The molecule has 1 fully saturated rings. The Bertz CT molecular complexity index is 844. The lowest BCUT2D eigenvalue weighted by atomic mass is 9.97. The van der Waals surface area contributed by atoms with Crippen molar-refractivity contribution in [2.45, 2.75) is 52.7 Å². The topological polar surface area (TPSA) is 75.8 Å². The fourth-order valence-electron chi connectivity index (χ4n) is 3.34. The minimum Gasteiger partial charge on any atom is -0.370 e. The smallest absolute Gasteiger partial charge is 0.232 e. The van der Waals surface area contributed by atoms with Crippen LogP contribution >= 0.6 is 24.0 Å². The van der Waals surface area contributed by atoms with Crippen LogP contribution in [0, 0.1) is 13.8 Å². The van der Waals surface area contributed by atoms with Crippen LogP contribution in [0.25, 0.3) is 0 Å². The van der Waals surface area contributed by atoms with Crippen molar-refractivity contribution < 1.29 is 9.26 Å². The summed E-state index contributed by atoms with van der Waals surface area (Å²) in [5.74, 6) is 2.09. The summed E-state index contributed by atoms with van der Waals surface area (Å²) >= 11 is 0. The first-order valence-electron chi connectivity index (χ1n) is 9.75. The minimum absolute atomic E-state index is 0. The summed E-state index contributed by atoms with van der Waals surface area (Å²) in [5.41, 5.74) is 3.60. The largest absolute Gasteiger partial charge is 0.370 e. The molecule has 29 heavy (non-hydrogen) atoms. The number of nitrogens with one attached hydrogen (secondary N) is 1. The van der Waals surface area contributed by atoms with Crippen molar-refractivity contribution in [2.75, 3.05) is 26.7 Å². The summed E-state index contributed by atoms with van der Waals surface area (Å²) in [5, 5.41) is 7.42. The van der Waals surface area contributed by atoms with Crippen LogP contribution in [0.15, 0.2) is 27.7 Å². The van der Waals surface area contributed by atoms with Crippen LogP contribution in [0.3, 0.4) is 0 Å². The SMILES string of the molecule is CN=C(NCc1noc(C(C)(C)C)n1)N1CCOC(c2ccc(C)cc2C)C1.I. The van der Waals surface area contributed by atoms with Gasteiger partial charge in [-0.3, -0.25) is 4.99 Å². The first kappa shape index (κ1) is 23.6. The first-order valence-corrected chi connectivity index (χ1v) is 9.75. The molecule has 8 heteroatoms. The standard InChI is InChI=1S/C21H31N5O2.HI/c1-14-7-8-16(15(2)11-14)17-13-26(9-10-27-17)20(22-6)23-12-18-24-19(28-25-18)21(3,4)5;/h7-8,11,17H,9-10,12-13H2,1-6H3,(H,22,23);1H. The summed E-state index contributed by atoms with van der Waals surface area (Å²) in [6.07, 6.45) is 0.0329. The third kappa shape index (κ3) is 5.91. The van der Waals surface area contributed by atoms with Crippen LogP contribution in [0.1, 0.15) is 55.3 Å². The Morgan fingerprint density at radius 1 is 1.31 bits per heavy atom. The number of nitrogens with zero attached hydrogens (tertiary/aromatic N) is 4. The van der Waals surface area contributed by atoms with Gasteiger partial charge < -0.3 is 19.5 Å². The van der Waals surface area contributed by atoms with Gasteiger partial charge in [0.05, 0.1) is 19.7 Å². The number of rotatable bonds is 3. The lowest BCUT2D eigenvalue weighted by Crippen LogP contribution is -2.48. The number of ether oxygens (including phenoxy) is 1. The molecule has 1 N–H and O–H groups in total. The molecule has 160 valence electrons. The van der Waals surface area contributed by atoms with E-state index in [1.54, 1.807) is 7.05 Å². The average Bonchev–Trinajstić information content (AvgIpc) is 3.12. The van der Waals surface area contributed by atoms with E-state index in [4.69, 9.17) is 9.26 Å². The molecule has 3 rings (SSSR count). The Morgan fingerprint density at radius 2 is 2.07 bits per heavy atom. The van der Waals surface area contributed by atoms with E-state index < -0.39 is 0 Å². The summed E-state index contributed by atoms with van der Waals surface area (Å²) in [4.78, 5) is 11.1. The Hall–Kier alpha value is -1.68. The number of guanidine groups is 1. The number of hydrogen-bond donors (Lipinski definition) is 1. The van der Waals surface area contributed by atoms with Crippen LogP contribution in [-0.2, 0) is 16.7 Å². The highest BCUT2D eigenvalue weighted by molar-refractivity contribution is 14.0. The van der Waals surface area contributed by atoms with Gasteiger partial charge in [-0.2, -0.15) is 4.98 Å². The second kappa shape index (κ2) is 9.88. The predicted molar refractivity (Wildman–Crippen MR) is 125 cm³/mol. The fraction of sp³-hybridized carbons (Fsp3) is 0.571. The van der Waals surface area contributed by atoms with Crippen molar-refractivity contribution in [1.29, 1.82) is 0 Å². The number of morpholine rings is 1. The van der Waals surface area contributed by atoms with Crippen LogP contribution in [-0.4, -0.2) is 47.7 Å². The maximum Gasteiger partial charge on any atom is 0.232 e. The lowest BCUT2D eigenvalue weighted by Gasteiger charge is -2.35. The molecule has 0 amide bonds. The van der Waals surface area contributed by atoms with E-state index >= 15 is 0 Å². The molecule has 0 aliphatic carbocycles. The molecule has 1 aromatic heterocycles.